The van der Waals surface area contributed by atoms with Gasteiger partial charge in [0.1, 0.15) is 11.3 Å². The van der Waals surface area contributed by atoms with Crippen LogP contribution < -0.4 is 0 Å². The van der Waals surface area contributed by atoms with E-state index < -0.39 is 5.97 Å². The summed E-state index contributed by atoms with van der Waals surface area (Å²) in [6.07, 6.45) is 2.26. The van der Waals surface area contributed by atoms with E-state index in [9.17, 15) is 14.7 Å². The number of phenolic OH excluding ortho intramolecular Hbond substituents is 1. The fraction of sp³-hybridized carbons (Fsp3) is 0.333. The molecule has 4 rings (SSSR count). The quantitative estimate of drug-likeness (QED) is 0.490. The number of rotatable bonds is 6. The summed E-state index contributed by atoms with van der Waals surface area (Å²) >= 11 is 0. The lowest BCUT2D eigenvalue weighted by atomic mass is 10.1. The second-order valence-corrected chi connectivity index (χ2v) is 7.75. The van der Waals surface area contributed by atoms with Crippen molar-refractivity contribution in [1.82, 2.24) is 4.57 Å². The number of ether oxygens (including phenoxy) is 2. The van der Waals surface area contributed by atoms with E-state index in [2.05, 4.69) is 4.57 Å². The van der Waals surface area contributed by atoms with E-state index in [1.54, 1.807) is 6.07 Å². The Morgan fingerprint density at radius 1 is 1.13 bits per heavy atom. The molecule has 1 aromatic heterocycles. The molecule has 156 valence electrons. The second kappa shape index (κ2) is 8.32. The van der Waals surface area contributed by atoms with E-state index >= 15 is 0 Å². The Labute approximate surface area is 175 Å². The maximum absolute atomic E-state index is 12.7. The molecular weight excluding hydrogens is 382 g/mol. The molecule has 3 aromatic rings. The van der Waals surface area contributed by atoms with Gasteiger partial charge in [-0.25, -0.2) is 4.79 Å². The van der Waals surface area contributed by atoms with Gasteiger partial charge in [0.05, 0.1) is 6.10 Å². The molecule has 6 nitrogen and oxygen atoms in total. The Bertz CT molecular complexity index is 1110. The number of Topliss-reactive ketones (excluding diaryl/α,β-unsaturated/α-hetero) is 1. The van der Waals surface area contributed by atoms with Crippen LogP contribution in [0.3, 0.4) is 0 Å². The predicted molar refractivity (Wildman–Crippen MR) is 113 cm³/mol. The summed E-state index contributed by atoms with van der Waals surface area (Å²) in [5, 5.41) is 11.8. The number of benzene rings is 2. The molecule has 2 aromatic carbocycles. The third kappa shape index (κ3) is 3.96. The molecule has 1 aliphatic rings. The number of carbonyl (C=O) groups is 2. The molecule has 1 aliphatic heterocycles. The van der Waals surface area contributed by atoms with Crippen molar-refractivity contribution in [3.05, 3.63) is 65.0 Å². The molecule has 1 saturated heterocycles. The lowest BCUT2D eigenvalue weighted by molar-refractivity contribution is 0.0471. The van der Waals surface area contributed by atoms with E-state index in [0.29, 0.717) is 5.56 Å². The summed E-state index contributed by atoms with van der Waals surface area (Å²) in [6, 6.07) is 12.3. The normalized spacial score (nSPS) is 16.1. The van der Waals surface area contributed by atoms with Gasteiger partial charge in [0.15, 0.2) is 6.61 Å². The molecule has 0 spiro atoms. The molecule has 2 heterocycles. The second-order valence-electron chi connectivity index (χ2n) is 7.75. The van der Waals surface area contributed by atoms with Crippen LogP contribution in [0.15, 0.2) is 42.5 Å². The van der Waals surface area contributed by atoms with Crippen LogP contribution in [0.4, 0.5) is 0 Å². The van der Waals surface area contributed by atoms with Gasteiger partial charge >= 0.3 is 5.97 Å². The standard InChI is InChI=1S/C24H25NO5/c1-15-10-20(16(2)25(15)13-19-8-5-9-29-19)23(27)14-30-24(28)21-11-17-6-3-4-7-18(17)12-22(21)26/h3-4,6-7,10-12,19,26H,5,8-9,13-14H2,1-2H3/t19-/m0/s1. The van der Waals surface area contributed by atoms with Crippen LogP contribution in [0, 0.1) is 13.8 Å². The summed E-state index contributed by atoms with van der Waals surface area (Å²) in [5.74, 6) is -1.16. The average molecular weight is 407 g/mol. The van der Waals surface area contributed by atoms with Crippen LogP contribution in [0.25, 0.3) is 10.8 Å². The number of ketones is 1. The maximum Gasteiger partial charge on any atom is 0.342 e. The van der Waals surface area contributed by atoms with Crippen molar-refractivity contribution in [2.75, 3.05) is 13.2 Å². The Balaban J connectivity index is 1.46. The molecule has 1 N–H and O–H groups in total. The maximum atomic E-state index is 12.7. The van der Waals surface area contributed by atoms with E-state index in [1.165, 1.54) is 6.07 Å². The number of aromatic hydroxyl groups is 1. The summed E-state index contributed by atoms with van der Waals surface area (Å²) in [5.41, 5.74) is 2.41. The van der Waals surface area contributed by atoms with Gasteiger partial charge in [-0.2, -0.15) is 0 Å². The predicted octanol–water partition coefficient (Wildman–Crippen LogP) is 4.18. The summed E-state index contributed by atoms with van der Waals surface area (Å²) in [7, 11) is 0. The van der Waals surface area contributed by atoms with Gasteiger partial charge in [-0.15, -0.1) is 0 Å². The zero-order chi connectivity index (χ0) is 21.3. The first-order valence-electron chi connectivity index (χ1n) is 10.1. The molecule has 1 fully saturated rings. The fourth-order valence-corrected chi connectivity index (χ4v) is 4.03. The van der Waals surface area contributed by atoms with Gasteiger partial charge in [-0.3, -0.25) is 4.79 Å². The monoisotopic (exact) mass is 407 g/mol. The highest BCUT2D eigenvalue weighted by Crippen LogP contribution is 2.26. The Morgan fingerprint density at radius 3 is 2.57 bits per heavy atom. The molecule has 30 heavy (non-hydrogen) atoms. The molecule has 0 aliphatic carbocycles. The van der Waals surface area contributed by atoms with Crippen molar-refractivity contribution in [1.29, 1.82) is 0 Å². The molecule has 0 radical (unpaired) electrons. The van der Waals surface area contributed by atoms with Crippen molar-refractivity contribution in [3.63, 3.8) is 0 Å². The van der Waals surface area contributed by atoms with E-state index in [-0.39, 0.29) is 29.8 Å². The van der Waals surface area contributed by atoms with Gasteiger partial charge < -0.3 is 19.1 Å². The fourth-order valence-electron chi connectivity index (χ4n) is 4.03. The summed E-state index contributed by atoms with van der Waals surface area (Å²) < 4.78 is 13.0. The van der Waals surface area contributed by atoms with Crippen molar-refractivity contribution in [3.8, 4) is 5.75 Å². The highest BCUT2D eigenvalue weighted by molar-refractivity contribution is 6.02. The number of hydrogen-bond acceptors (Lipinski definition) is 5. The van der Waals surface area contributed by atoms with Crippen LogP contribution in [0.1, 0.15) is 44.9 Å². The van der Waals surface area contributed by atoms with Crippen LogP contribution in [-0.4, -0.2) is 40.7 Å². The van der Waals surface area contributed by atoms with Gasteiger partial charge in [0.25, 0.3) is 0 Å². The lowest BCUT2D eigenvalue weighted by Gasteiger charge is -2.14. The summed E-state index contributed by atoms with van der Waals surface area (Å²) in [6.45, 7) is 4.97. The van der Waals surface area contributed by atoms with Gasteiger partial charge in [0.2, 0.25) is 5.78 Å². The zero-order valence-electron chi connectivity index (χ0n) is 17.2. The first-order chi connectivity index (χ1) is 14.4. The molecule has 0 unspecified atom stereocenters. The highest BCUT2D eigenvalue weighted by atomic mass is 16.5. The van der Waals surface area contributed by atoms with Crippen molar-refractivity contribution in [2.45, 2.75) is 39.3 Å². The Morgan fingerprint density at radius 2 is 1.87 bits per heavy atom. The number of aryl methyl sites for hydroxylation is 1. The first-order valence-corrected chi connectivity index (χ1v) is 10.1. The highest BCUT2D eigenvalue weighted by Gasteiger charge is 2.22. The Kier molecular flexibility index (Phi) is 5.59. The number of phenols is 1. The molecule has 6 heteroatoms. The number of nitrogens with zero attached hydrogens (tertiary/aromatic N) is 1. The number of aromatic nitrogens is 1. The number of esters is 1. The van der Waals surface area contributed by atoms with Crippen molar-refractivity contribution >= 4 is 22.5 Å². The van der Waals surface area contributed by atoms with Crippen LogP contribution in [0.5, 0.6) is 5.75 Å². The average Bonchev–Trinajstić information content (AvgIpc) is 3.35. The third-order valence-corrected chi connectivity index (χ3v) is 5.70. The molecule has 0 amide bonds. The topological polar surface area (TPSA) is 77.8 Å². The number of fused-ring (bicyclic) bond motifs is 1. The van der Waals surface area contributed by atoms with E-state index in [1.807, 2.05) is 44.2 Å². The van der Waals surface area contributed by atoms with Crippen molar-refractivity contribution in [2.24, 2.45) is 0 Å². The number of hydrogen-bond donors (Lipinski definition) is 1. The van der Waals surface area contributed by atoms with E-state index in [4.69, 9.17) is 9.47 Å². The zero-order valence-corrected chi connectivity index (χ0v) is 17.2. The van der Waals surface area contributed by atoms with Crippen LogP contribution >= 0.6 is 0 Å². The minimum absolute atomic E-state index is 0.0466. The molecule has 1 atom stereocenters. The van der Waals surface area contributed by atoms with E-state index in [0.717, 1.165) is 48.2 Å². The lowest BCUT2D eigenvalue weighted by Crippen LogP contribution is -2.18. The minimum Gasteiger partial charge on any atom is -0.507 e. The summed E-state index contributed by atoms with van der Waals surface area (Å²) in [4.78, 5) is 25.2. The largest absolute Gasteiger partial charge is 0.507 e. The molecule has 0 saturated carbocycles. The third-order valence-electron chi connectivity index (χ3n) is 5.70. The SMILES string of the molecule is Cc1cc(C(=O)COC(=O)c2cc3ccccc3cc2O)c(C)n1C[C@@H]1CCCO1. The van der Waals surface area contributed by atoms with Gasteiger partial charge in [-0.05, 0) is 55.7 Å². The molecule has 0 bridgehead atoms. The minimum atomic E-state index is -0.722. The van der Waals surface area contributed by atoms with Gasteiger partial charge in [0, 0.05) is 30.1 Å². The van der Waals surface area contributed by atoms with Crippen LogP contribution in [0.2, 0.25) is 0 Å². The smallest absolute Gasteiger partial charge is 0.342 e. The number of carbonyl (C=O) groups excluding carboxylic acids is 2. The molecular formula is C24H25NO5. The Hall–Kier alpha value is -3.12. The van der Waals surface area contributed by atoms with Crippen LogP contribution in [-0.2, 0) is 16.0 Å². The van der Waals surface area contributed by atoms with Gasteiger partial charge in [-0.1, -0.05) is 24.3 Å². The first kappa shape index (κ1) is 20.2. The van der Waals surface area contributed by atoms with Crippen molar-refractivity contribution < 1.29 is 24.2 Å².